The summed E-state index contributed by atoms with van der Waals surface area (Å²) in [6.07, 6.45) is 0. The molecule has 0 atom stereocenters. The van der Waals surface area contributed by atoms with Crippen molar-refractivity contribution < 1.29 is 0 Å². The van der Waals surface area contributed by atoms with Crippen LogP contribution in [0.15, 0.2) is 24.3 Å². The Labute approximate surface area is 133 Å². The molecular weight excluding hydrogens is 268 g/mol. The second kappa shape index (κ2) is 5.15. The molecule has 0 unspecified atom stereocenters. The normalized spacial score (nSPS) is 12.0. The van der Waals surface area contributed by atoms with Gasteiger partial charge < -0.3 is 0 Å². The Balaban J connectivity index is 2.95. The van der Waals surface area contributed by atoms with E-state index in [0.717, 1.165) is 21.9 Å². The Hall–Kier alpha value is -2.32. The Morgan fingerprint density at radius 3 is 1.18 bits per heavy atom. The lowest BCUT2D eigenvalue weighted by molar-refractivity contribution is 0.589. The highest BCUT2D eigenvalue weighted by Crippen LogP contribution is 2.34. The van der Waals surface area contributed by atoms with Crippen molar-refractivity contribution in [2.75, 3.05) is 0 Å². The zero-order valence-electron chi connectivity index (χ0n) is 14.2. The van der Waals surface area contributed by atoms with Gasteiger partial charge in [0.25, 0.3) is 0 Å². The molecule has 0 radical (unpaired) electrons. The van der Waals surface area contributed by atoms with Crippen molar-refractivity contribution in [1.29, 1.82) is 10.5 Å². The summed E-state index contributed by atoms with van der Waals surface area (Å²) >= 11 is 0. The van der Waals surface area contributed by atoms with Gasteiger partial charge in [0.15, 0.2) is 0 Å². The lowest BCUT2D eigenvalue weighted by Gasteiger charge is -2.23. The highest BCUT2D eigenvalue weighted by Gasteiger charge is 2.20. The van der Waals surface area contributed by atoms with Crippen LogP contribution in [0.1, 0.15) is 63.8 Å². The lowest BCUT2D eigenvalue weighted by Crippen LogP contribution is -2.13. The molecule has 0 saturated heterocycles. The van der Waals surface area contributed by atoms with Crippen LogP contribution in [-0.2, 0) is 10.8 Å². The van der Waals surface area contributed by atoms with E-state index in [0.29, 0.717) is 11.1 Å². The third kappa shape index (κ3) is 2.83. The molecule has 0 fully saturated rings. The molecule has 2 aromatic carbocycles. The van der Waals surface area contributed by atoms with E-state index in [-0.39, 0.29) is 10.8 Å². The molecule has 0 aliphatic carbocycles. The molecule has 0 aromatic heterocycles. The number of benzene rings is 2. The van der Waals surface area contributed by atoms with Gasteiger partial charge in [-0.05, 0) is 46.2 Å². The van der Waals surface area contributed by atoms with Gasteiger partial charge in [0.1, 0.15) is 0 Å². The summed E-state index contributed by atoms with van der Waals surface area (Å²) in [6, 6.07) is 12.6. The minimum Gasteiger partial charge on any atom is -0.192 e. The van der Waals surface area contributed by atoms with Crippen molar-refractivity contribution in [2.45, 2.75) is 52.4 Å². The molecule has 22 heavy (non-hydrogen) atoms. The Bertz CT molecular complexity index is 745. The Kier molecular flexibility index (Phi) is 3.76. The zero-order chi connectivity index (χ0) is 16.7. The second-order valence-corrected chi connectivity index (χ2v) is 7.87. The first-order valence-electron chi connectivity index (χ1n) is 7.51. The fourth-order valence-corrected chi connectivity index (χ4v) is 2.51. The minimum atomic E-state index is -0.0603. The molecule has 2 aromatic rings. The summed E-state index contributed by atoms with van der Waals surface area (Å²) in [5.41, 5.74) is 3.33. The van der Waals surface area contributed by atoms with Crippen molar-refractivity contribution >= 4 is 10.8 Å². The minimum absolute atomic E-state index is 0.0603. The maximum absolute atomic E-state index is 9.55. The van der Waals surface area contributed by atoms with E-state index in [1.807, 2.05) is 12.1 Å². The van der Waals surface area contributed by atoms with E-state index >= 15 is 0 Å². The number of hydrogen-bond acceptors (Lipinski definition) is 2. The van der Waals surface area contributed by atoms with Gasteiger partial charge in [-0.1, -0.05) is 41.5 Å². The number of fused-ring (bicyclic) bond motifs is 1. The summed E-state index contributed by atoms with van der Waals surface area (Å²) in [7, 11) is 0. The molecule has 0 heterocycles. The number of nitrogens with zero attached hydrogens (tertiary/aromatic N) is 2. The van der Waals surface area contributed by atoms with Crippen LogP contribution in [0, 0.1) is 22.7 Å². The average Bonchev–Trinajstić information content (AvgIpc) is 2.42. The van der Waals surface area contributed by atoms with E-state index in [4.69, 9.17) is 0 Å². The van der Waals surface area contributed by atoms with Crippen LogP contribution >= 0.6 is 0 Å². The maximum Gasteiger partial charge on any atom is 0.0998 e. The third-order valence-electron chi connectivity index (χ3n) is 4.04. The van der Waals surface area contributed by atoms with Crippen LogP contribution in [0.4, 0.5) is 0 Å². The largest absolute Gasteiger partial charge is 0.192 e. The number of rotatable bonds is 0. The maximum atomic E-state index is 9.55. The van der Waals surface area contributed by atoms with Crippen molar-refractivity contribution in [3.05, 3.63) is 46.5 Å². The predicted octanol–water partition coefficient (Wildman–Crippen LogP) is 5.18. The first-order valence-corrected chi connectivity index (χ1v) is 7.51. The van der Waals surface area contributed by atoms with E-state index < -0.39 is 0 Å². The van der Waals surface area contributed by atoms with Gasteiger partial charge in [-0.25, -0.2) is 0 Å². The summed E-state index contributed by atoms with van der Waals surface area (Å²) in [6.45, 7) is 12.7. The molecule has 2 nitrogen and oxygen atoms in total. The molecule has 0 bridgehead atoms. The van der Waals surface area contributed by atoms with E-state index in [1.54, 1.807) is 0 Å². The van der Waals surface area contributed by atoms with Gasteiger partial charge in [-0.2, -0.15) is 10.5 Å². The Morgan fingerprint density at radius 2 is 0.955 bits per heavy atom. The fraction of sp³-hybridized carbons (Fsp3) is 0.400. The van der Waals surface area contributed by atoms with Crippen LogP contribution < -0.4 is 0 Å². The van der Waals surface area contributed by atoms with Gasteiger partial charge in [-0.3, -0.25) is 0 Å². The van der Waals surface area contributed by atoms with E-state index in [1.165, 1.54) is 0 Å². The molecule has 0 amide bonds. The molecule has 0 spiro atoms. The van der Waals surface area contributed by atoms with Crippen LogP contribution in [0.5, 0.6) is 0 Å². The van der Waals surface area contributed by atoms with Crippen LogP contribution in [0.2, 0.25) is 0 Å². The standard InChI is InChI=1S/C20H22N2/c1-19(2,3)15-7-13(11-21)18-10-16(20(4,5)6)8-14(12-22)17(18)9-15/h7-10H,1-6H3. The van der Waals surface area contributed by atoms with E-state index in [2.05, 4.69) is 65.8 Å². The Morgan fingerprint density at radius 1 is 0.636 bits per heavy atom. The molecule has 0 N–H and O–H groups in total. The quantitative estimate of drug-likeness (QED) is 0.671. The van der Waals surface area contributed by atoms with Gasteiger partial charge in [0, 0.05) is 10.8 Å². The predicted molar refractivity (Wildman–Crippen MR) is 90.8 cm³/mol. The highest BCUT2D eigenvalue weighted by atomic mass is 14.3. The summed E-state index contributed by atoms with van der Waals surface area (Å²) in [5.74, 6) is 0. The third-order valence-corrected chi connectivity index (χ3v) is 4.04. The second-order valence-electron chi connectivity index (χ2n) is 7.87. The fourth-order valence-electron chi connectivity index (χ4n) is 2.51. The SMILES string of the molecule is CC(C)(C)c1cc(C#N)c2cc(C(C)(C)C)cc(C#N)c2c1. The topological polar surface area (TPSA) is 47.6 Å². The molecule has 2 heteroatoms. The lowest BCUT2D eigenvalue weighted by atomic mass is 9.81. The summed E-state index contributed by atoms with van der Waals surface area (Å²) < 4.78 is 0. The number of hydrogen-bond donors (Lipinski definition) is 0. The van der Waals surface area contributed by atoms with Crippen molar-refractivity contribution in [3.63, 3.8) is 0 Å². The van der Waals surface area contributed by atoms with Crippen LogP contribution in [0.3, 0.4) is 0 Å². The first kappa shape index (κ1) is 16.1. The first-order chi connectivity index (χ1) is 10.1. The van der Waals surface area contributed by atoms with Crippen LogP contribution in [0.25, 0.3) is 10.8 Å². The molecular formula is C20H22N2. The number of nitriles is 2. The smallest absolute Gasteiger partial charge is 0.0998 e. The van der Waals surface area contributed by atoms with Crippen molar-refractivity contribution in [3.8, 4) is 12.1 Å². The van der Waals surface area contributed by atoms with E-state index in [9.17, 15) is 10.5 Å². The van der Waals surface area contributed by atoms with Gasteiger partial charge in [0.2, 0.25) is 0 Å². The van der Waals surface area contributed by atoms with Crippen LogP contribution in [-0.4, -0.2) is 0 Å². The summed E-state index contributed by atoms with van der Waals surface area (Å²) in [5, 5.41) is 20.8. The highest BCUT2D eigenvalue weighted by molar-refractivity contribution is 5.94. The van der Waals surface area contributed by atoms with Crippen molar-refractivity contribution in [1.82, 2.24) is 0 Å². The van der Waals surface area contributed by atoms with Gasteiger partial charge >= 0.3 is 0 Å². The molecule has 0 saturated carbocycles. The molecule has 0 aliphatic heterocycles. The molecule has 0 aliphatic rings. The average molecular weight is 290 g/mol. The summed E-state index contributed by atoms with van der Waals surface area (Å²) in [4.78, 5) is 0. The van der Waals surface area contributed by atoms with Gasteiger partial charge in [0.05, 0.1) is 23.3 Å². The van der Waals surface area contributed by atoms with Crippen molar-refractivity contribution in [2.24, 2.45) is 0 Å². The molecule has 112 valence electrons. The molecule has 2 rings (SSSR count). The van der Waals surface area contributed by atoms with Gasteiger partial charge in [-0.15, -0.1) is 0 Å². The zero-order valence-corrected chi connectivity index (χ0v) is 14.2. The monoisotopic (exact) mass is 290 g/mol.